The van der Waals surface area contributed by atoms with Gasteiger partial charge >= 0.3 is 6.03 Å². The molecular weight excluding hydrogens is 614 g/mol. The van der Waals surface area contributed by atoms with Gasteiger partial charge in [-0.25, -0.2) is 9.69 Å². The van der Waals surface area contributed by atoms with Crippen LogP contribution >= 0.6 is 27.5 Å². The fraction of sp³-hybridized carbons (Fsp3) is 0.200. The normalized spacial score (nSPS) is 14.2. The smallest absolute Gasteiger partial charge is 0.335 e. The lowest BCUT2D eigenvalue weighted by Gasteiger charge is -2.26. The van der Waals surface area contributed by atoms with Crippen molar-refractivity contribution >= 4 is 68.7 Å². The number of anilines is 2. The van der Waals surface area contributed by atoms with E-state index in [4.69, 9.17) is 21.1 Å². The van der Waals surface area contributed by atoms with Crippen LogP contribution in [0.4, 0.5) is 16.2 Å². The van der Waals surface area contributed by atoms with E-state index in [0.29, 0.717) is 20.7 Å². The zero-order valence-electron chi connectivity index (χ0n) is 22.8. The molecule has 0 saturated carbocycles. The van der Waals surface area contributed by atoms with Crippen LogP contribution in [0.15, 0.2) is 58.6 Å². The molecule has 0 radical (unpaired) electrons. The van der Waals surface area contributed by atoms with Crippen molar-refractivity contribution in [3.05, 3.63) is 85.9 Å². The van der Waals surface area contributed by atoms with Crippen LogP contribution < -0.4 is 25.0 Å². The van der Waals surface area contributed by atoms with Crippen molar-refractivity contribution in [2.24, 2.45) is 0 Å². The number of halogens is 2. The van der Waals surface area contributed by atoms with E-state index in [9.17, 15) is 19.2 Å². The molecule has 0 bridgehead atoms. The largest absolute Gasteiger partial charge is 0.490 e. The van der Waals surface area contributed by atoms with Gasteiger partial charge in [-0.3, -0.25) is 19.7 Å². The number of ether oxygens (including phenoxy) is 2. The van der Waals surface area contributed by atoms with Crippen LogP contribution in [0.3, 0.4) is 0 Å². The first kappa shape index (κ1) is 29.8. The lowest BCUT2D eigenvalue weighted by molar-refractivity contribution is -0.122. The van der Waals surface area contributed by atoms with Crippen LogP contribution in [0.5, 0.6) is 11.5 Å². The molecule has 1 aliphatic heterocycles. The van der Waals surface area contributed by atoms with E-state index in [2.05, 4.69) is 26.6 Å². The fourth-order valence-corrected chi connectivity index (χ4v) is 4.88. The Kier molecular flexibility index (Phi) is 9.14. The summed E-state index contributed by atoms with van der Waals surface area (Å²) in [5, 5.41) is 5.39. The zero-order valence-corrected chi connectivity index (χ0v) is 25.1. The summed E-state index contributed by atoms with van der Waals surface area (Å²) >= 11 is 9.64. The Morgan fingerprint density at radius 1 is 1.02 bits per heavy atom. The number of aryl methyl sites for hydroxylation is 3. The summed E-state index contributed by atoms with van der Waals surface area (Å²) in [4.78, 5) is 52.0. The van der Waals surface area contributed by atoms with Crippen LogP contribution in [-0.2, 0) is 14.4 Å². The number of nitrogens with zero attached hydrogens (tertiary/aromatic N) is 1. The predicted octanol–water partition coefficient (Wildman–Crippen LogP) is 6.11. The molecule has 1 fully saturated rings. The first-order valence-corrected chi connectivity index (χ1v) is 13.8. The van der Waals surface area contributed by atoms with Gasteiger partial charge in [-0.15, -0.1) is 0 Å². The number of benzene rings is 3. The highest BCUT2D eigenvalue weighted by Gasteiger charge is 2.37. The van der Waals surface area contributed by atoms with Gasteiger partial charge in [0.15, 0.2) is 18.1 Å². The Bertz CT molecular complexity index is 1600. The second-order valence-electron chi connectivity index (χ2n) is 9.31. The molecule has 0 atom stereocenters. The van der Waals surface area contributed by atoms with Crippen LogP contribution in [-0.4, -0.2) is 37.0 Å². The lowest BCUT2D eigenvalue weighted by atomic mass is 10.1. The maximum absolute atomic E-state index is 13.3. The lowest BCUT2D eigenvalue weighted by Crippen LogP contribution is -2.54. The maximum Gasteiger partial charge on any atom is 0.335 e. The minimum atomic E-state index is -0.879. The summed E-state index contributed by atoms with van der Waals surface area (Å²) in [5.41, 5.74) is 3.85. The molecule has 212 valence electrons. The Morgan fingerprint density at radius 3 is 2.46 bits per heavy atom. The molecule has 0 aliphatic carbocycles. The van der Waals surface area contributed by atoms with E-state index in [1.54, 1.807) is 38.1 Å². The molecule has 41 heavy (non-hydrogen) atoms. The van der Waals surface area contributed by atoms with Gasteiger partial charge in [-0.2, -0.15) is 0 Å². The van der Waals surface area contributed by atoms with Crippen LogP contribution in [0.1, 0.15) is 29.2 Å². The first-order chi connectivity index (χ1) is 19.5. The summed E-state index contributed by atoms with van der Waals surface area (Å²) in [6.07, 6.45) is 1.34. The SMILES string of the molecule is CCOc1cc(/C=C2\C(=O)NC(=O)N(c3ccc(C)c(Cl)c3)C2=O)cc(Br)c1OCC(=O)Nc1ccc(C)cc1C. The molecule has 3 aromatic rings. The molecule has 0 unspecified atom stereocenters. The highest BCUT2D eigenvalue weighted by molar-refractivity contribution is 9.10. The fourth-order valence-electron chi connectivity index (χ4n) is 4.13. The van der Waals surface area contributed by atoms with Gasteiger partial charge in [-0.1, -0.05) is 35.4 Å². The summed E-state index contributed by atoms with van der Waals surface area (Å²) in [6.45, 7) is 7.45. The quantitative estimate of drug-likeness (QED) is 0.227. The molecular formula is C30H27BrClN3O6. The number of urea groups is 1. The average molecular weight is 641 g/mol. The third-order valence-electron chi connectivity index (χ3n) is 6.16. The second kappa shape index (κ2) is 12.6. The predicted molar refractivity (Wildman–Crippen MR) is 161 cm³/mol. The van der Waals surface area contributed by atoms with Crippen LogP contribution in [0.2, 0.25) is 5.02 Å². The number of rotatable bonds is 8. The summed E-state index contributed by atoms with van der Waals surface area (Å²) < 4.78 is 12.0. The Balaban J connectivity index is 1.58. The third kappa shape index (κ3) is 6.78. The van der Waals surface area contributed by atoms with E-state index in [1.165, 1.54) is 12.1 Å². The molecule has 5 amide bonds. The molecule has 1 heterocycles. The zero-order chi connectivity index (χ0) is 29.8. The summed E-state index contributed by atoms with van der Waals surface area (Å²) in [7, 11) is 0. The Morgan fingerprint density at radius 2 is 1.78 bits per heavy atom. The van der Waals surface area contributed by atoms with E-state index < -0.39 is 17.8 Å². The molecule has 1 saturated heterocycles. The number of barbiturate groups is 1. The highest BCUT2D eigenvalue weighted by atomic mass is 79.9. The molecule has 0 aromatic heterocycles. The number of carbonyl (C=O) groups is 4. The van der Waals surface area contributed by atoms with Crippen molar-refractivity contribution < 1.29 is 28.7 Å². The monoisotopic (exact) mass is 639 g/mol. The van der Waals surface area contributed by atoms with Gasteiger partial charge in [0.25, 0.3) is 17.7 Å². The highest BCUT2D eigenvalue weighted by Crippen LogP contribution is 2.38. The van der Waals surface area contributed by atoms with Crippen molar-refractivity contribution in [1.82, 2.24) is 5.32 Å². The number of hydrogen-bond acceptors (Lipinski definition) is 6. The van der Waals surface area contributed by atoms with Crippen molar-refractivity contribution in [2.75, 3.05) is 23.4 Å². The van der Waals surface area contributed by atoms with Gasteiger partial charge in [0.2, 0.25) is 0 Å². The minimum absolute atomic E-state index is 0.223. The molecule has 1 aliphatic rings. The summed E-state index contributed by atoms with van der Waals surface area (Å²) in [6, 6.07) is 12.7. The van der Waals surface area contributed by atoms with E-state index in [1.807, 2.05) is 32.0 Å². The van der Waals surface area contributed by atoms with Crippen molar-refractivity contribution in [2.45, 2.75) is 27.7 Å². The van der Waals surface area contributed by atoms with E-state index in [-0.39, 0.29) is 41.9 Å². The van der Waals surface area contributed by atoms with Crippen LogP contribution in [0.25, 0.3) is 6.08 Å². The number of imide groups is 2. The Hall–Kier alpha value is -4.15. The van der Waals surface area contributed by atoms with Crippen molar-refractivity contribution in [1.29, 1.82) is 0 Å². The molecule has 11 heteroatoms. The average Bonchev–Trinajstić information content (AvgIpc) is 2.90. The first-order valence-electron chi connectivity index (χ1n) is 12.6. The Labute approximate surface area is 250 Å². The van der Waals surface area contributed by atoms with Crippen molar-refractivity contribution in [3.63, 3.8) is 0 Å². The molecule has 0 spiro atoms. The second-order valence-corrected chi connectivity index (χ2v) is 10.6. The van der Waals surface area contributed by atoms with Crippen LogP contribution in [0, 0.1) is 20.8 Å². The number of nitrogens with one attached hydrogen (secondary N) is 2. The number of hydrogen-bond donors (Lipinski definition) is 2. The molecule has 4 rings (SSSR count). The summed E-state index contributed by atoms with van der Waals surface area (Å²) in [5.74, 6) is -1.45. The topological polar surface area (TPSA) is 114 Å². The van der Waals surface area contributed by atoms with Gasteiger partial charge < -0.3 is 14.8 Å². The number of amides is 5. The van der Waals surface area contributed by atoms with E-state index in [0.717, 1.165) is 21.6 Å². The third-order valence-corrected chi connectivity index (χ3v) is 7.16. The maximum atomic E-state index is 13.3. The number of carbonyl (C=O) groups excluding carboxylic acids is 4. The molecule has 2 N–H and O–H groups in total. The molecule has 3 aromatic carbocycles. The van der Waals surface area contributed by atoms with Gasteiger partial charge in [0.1, 0.15) is 5.57 Å². The van der Waals surface area contributed by atoms with Crippen molar-refractivity contribution in [3.8, 4) is 11.5 Å². The standard InChI is InChI=1S/C30H27BrClN3O6/c1-5-40-25-13-19(12-22(31)27(25)41-15-26(36)33-24-9-6-16(2)10-18(24)4)11-21-28(37)34-30(39)35(29(21)38)20-8-7-17(3)23(32)14-20/h6-14H,5,15H2,1-4H3,(H,33,36)(H,34,37,39)/b21-11+. The van der Waals surface area contributed by atoms with E-state index >= 15 is 0 Å². The van der Waals surface area contributed by atoms with Gasteiger partial charge in [0.05, 0.1) is 16.8 Å². The molecule has 9 nitrogen and oxygen atoms in total. The van der Waals surface area contributed by atoms with Gasteiger partial charge in [0, 0.05) is 10.7 Å². The van der Waals surface area contributed by atoms with Gasteiger partial charge in [-0.05, 0) is 96.7 Å². The minimum Gasteiger partial charge on any atom is -0.490 e.